The second kappa shape index (κ2) is 43.9. The number of hydrogen-bond donors (Lipinski definition) is 15. The lowest BCUT2D eigenvalue weighted by molar-refractivity contribution is -0.132. The molecule has 2 atom stereocenters. The van der Waals surface area contributed by atoms with Gasteiger partial charge in [-0.15, -0.1) is 0 Å². The van der Waals surface area contributed by atoms with Crippen LogP contribution in [0.5, 0.6) is 0 Å². The number of nitrogens with two attached hydrogens (primary N) is 1. The molecule has 28 nitrogen and oxygen atoms in total. The Morgan fingerprint density at radius 3 is 1.02 bits per heavy atom. The number of carbonyl (C=O) groups is 6. The number of fused-ring (bicyclic) bond motifs is 5. The van der Waals surface area contributed by atoms with Gasteiger partial charge in [-0.2, -0.15) is 25.5 Å². The lowest BCUT2D eigenvalue weighted by atomic mass is 9.93. The van der Waals surface area contributed by atoms with Gasteiger partial charge >= 0.3 is 0 Å². The molecule has 1 saturated carbocycles. The highest BCUT2D eigenvalue weighted by atomic mass is 19.2. The van der Waals surface area contributed by atoms with Gasteiger partial charge in [-0.3, -0.25) is 64.2 Å². The molecule has 36 heteroatoms. The summed E-state index contributed by atoms with van der Waals surface area (Å²) < 4.78 is 110. The fourth-order valence-corrected chi connectivity index (χ4v) is 13.5. The first-order valence-corrected chi connectivity index (χ1v) is 42.4. The van der Waals surface area contributed by atoms with Gasteiger partial charge in [0, 0.05) is 82.1 Å². The summed E-state index contributed by atoms with van der Waals surface area (Å²) in [5.74, 6) is -7.24. The Balaban J connectivity index is 0.000000145. The molecule has 6 amide bonds. The quantitative estimate of drug-likeness (QED) is 0.0177. The first-order valence-electron chi connectivity index (χ1n) is 42.4. The van der Waals surface area contributed by atoms with E-state index in [2.05, 4.69) is 87.5 Å². The number of aliphatic hydroxyl groups is 4. The summed E-state index contributed by atoms with van der Waals surface area (Å²) >= 11 is 0. The third-order valence-electron chi connectivity index (χ3n) is 21.2. The van der Waals surface area contributed by atoms with Crippen LogP contribution in [0, 0.1) is 57.4 Å². The number of aliphatic hydroxyl groups excluding tert-OH is 3. The number of H-pyrrole nitrogens is 5. The first kappa shape index (κ1) is 97.9. The molecule has 0 radical (unpaired) electrons. The second-order valence-corrected chi connectivity index (χ2v) is 33.0. The van der Waals surface area contributed by atoms with Gasteiger partial charge < -0.3 is 52.7 Å². The van der Waals surface area contributed by atoms with Crippen LogP contribution in [-0.2, 0) is 28.8 Å². The Hall–Kier alpha value is -16.6. The summed E-state index contributed by atoms with van der Waals surface area (Å²) in [4.78, 5) is 80.2. The molecule has 0 spiro atoms. The Kier molecular flexibility index (Phi) is 31.4. The fourth-order valence-electron chi connectivity index (χ4n) is 13.5. The predicted octanol–water partition coefficient (Wildman–Crippen LogP) is 18.6. The van der Waals surface area contributed by atoms with Crippen molar-refractivity contribution >= 4 is 179 Å². The largest absolute Gasteiger partial charge is 0.395 e. The second-order valence-electron chi connectivity index (χ2n) is 33.0. The molecule has 1 aliphatic rings. The Morgan fingerprint density at radius 2 is 0.723 bits per heavy atom. The summed E-state index contributed by atoms with van der Waals surface area (Å²) in [7, 11) is 0. The minimum atomic E-state index is -1.25. The van der Waals surface area contributed by atoms with Crippen molar-refractivity contribution in [2.24, 2.45) is 16.6 Å². The number of aromatic nitrogens is 12. The number of pyridine rings is 2. The van der Waals surface area contributed by atoms with Crippen LogP contribution < -0.4 is 32.3 Å². The third kappa shape index (κ3) is 26.3. The lowest BCUT2D eigenvalue weighted by Crippen LogP contribution is -2.36. The minimum absolute atomic E-state index is 0.00408. The van der Waals surface area contributed by atoms with Crippen molar-refractivity contribution in [1.82, 2.24) is 61.0 Å². The van der Waals surface area contributed by atoms with Crippen LogP contribution in [-0.4, -0.2) is 135 Å². The standard InChI is InChI=1S/C24H19F2N3O2.C20H16F2N4O2.C19H17F2N3O2.2C19H19FN4O2/c25-17-9-6-15(7-10-17)8-11-20-18-12-22(19(26)13-21(18)29-28-20)27-24(31)14-23(30)16-4-2-1-3-5-16;21-12-4-1-11(2-5-12)3-6-15-13-9-17(14(22)10-16(13)26-25-15)24-19(28)20(7-8-20)18(23)27;1-11(25)8-19(26)22-18-9-14-16(23-24-17(14)10-15(18)21)7-4-12-2-5-13(20)6-3-12;1-19(2,26)10-18(25)22-17-8-13-15(23-24-16(13)9-14(17)20)6-5-12-4-3-7-21-11-12;1-19(2,11-25)18(26)22-17-8-13-15(23-24-16(13)9-14(17)20)6-5-12-4-3-7-21-10-12/h1-13,23,30H,14H2,(H,27,31)(H,28,29);1-6,9-10H,7-8H2,(H2,23,27)(H,24,28)(H,25,26);2-7,9-11,25H,8H2,1H3,(H,22,26)(H,23,24);3-9,11,26H,10H2,1-2H3,(H,22,25)(H,23,24);3-10,25H,11H2,1-2H3,(H,22,26)(H,23,24)/b11-8+;6-3+;7-4+;2*6-5+/t23-;;;;/m1..../s1. The SMILES string of the molecule is CC(C)(CO)C(=O)Nc1cc2c(/C=C/c3cccnc3)n[nH]c2cc1F.CC(C)(O)CC(=O)Nc1cc2c(/C=C/c3cccnc3)n[nH]c2cc1F.CC(O)CC(=O)Nc1cc2c(/C=C/c3ccc(F)cc3)n[nH]c2cc1F.NC(=O)C1(C(=O)Nc2cc3c(/C=C/c4ccc(F)cc4)n[nH]c3cc2F)CC1.O=C(C[C@@H](O)c1ccccc1)Nc1cc2c(/C=C/c3ccc(F)cc3)n[nH]c2cc1F. The first-order chi connectivity index (χ1) is 65.5. The number of benzene rings is 9. The maximum Gasteiger partial charge on any atom is 0.240 e. The number of rotatable bonds is 26. The van der Waals surface area contributed by atoms with Gasteiger partial charge in [-0.05, 0) is 190 Å². The maximum atomic E-state index is 14.5. The number of halogens is 8. The third-order valence-corrected chi connectivity index (χ3v) is 21.2. The number of anilines is 5. The Morgan fingerprint density at radius 1 is 0.409 bits per heavy atom. The molecule has 0 saturated heterocycles. The fraction of sp³-hybridized carbons (Fsp3) is 0.158. The summed E-state index contributed by atoms with van der Waals surface area (Å²) in [6.07, 6.45) is 22.9. The van der Waals surface area contributed by atoms with E-state index >= 15 is 0 Å². The van der Waals surface area contributed by atoms with E-state index in [4.69, 9.17) is 5.73 Å². The van der Waals surface area contributed by atoms with E-state index < -0.39 is 93.2 Å². The maximum absolute atomic E-state index is 14.5. The van der Waals surface area contributed by atoms with Crippen molar-refractivity contribution in [3.05, 3.63) is 321 Å². The van der Waals surface area contributed by atoms with E-state index in [1.807, 2.05) is 42.5 Å². The molecule has 7 heterocycles. The molecule has 1 fully saturated rings. The van der Waals surface area contributed by atoms with Crippen molar-refractivity contribution < 1.29 is 84.3 Å². The van der Waals surface area contributed by atoms with E-state index in [9.17, 15) is 84.3 Å². The van der Waals surface area contributed by atoms with Gasteiger partial charge in [0.05, 0.1) is 134 Å². The van der Waals surface area contributed by atoms with Crippen LogP contribution in [0.25, 0.3) is 115 Å². The zero-order valence-electron chi connectivity index (χ0n) is 73.8. The summed E-state index contributed by atoms with van der Waals surface area (Å²) in [5.41, 5.74) is 11.9. The average molecular weight is 1870 g/mol. The number of amides is 6. The zero-order valence-corrected chi connectivity index (χ0v) is 73.8. The van der Waals surface area contributed by atoms with E-state index in [1.54, 1.807) is 148 Å². The smallest absolute Gasteiger partial charge is 0.240 e. The monoisotopic (exact) mass is 1870 g/mol. The number of primary amides is 1. The van der Waals surface area contributed by atoms with Crippen molar-refractivity contribution in [3.8, 4) is 0 Å². The van der Waals surface area contributed by atoms with Gasteiger partial charge in [-0.1, -0.05) is 109 Å². The van der Waals surface area contributed by atoms with Crippen LogP contribution in [0.15, 0.2) is 213 Å². The van der Waals surface area contributed by atoms with E-state index in [0.717, 1.165) is 27.8 Å². The molecular formula is C101H90F8N18O10. The lowest BCUT2D eigenvalue weighted by Gasteiger charge is -2.20. The molecule has 16 aromatic rings. The number of nitrogens with zero attached hydrogens (tertiary/aromatic N) is 7. The minimum Gasteiger partial charge on any atom is -0.395 e. The van der Waals surface area contributed by atoms with Crippen molar-refractivity contribution in [2.45, 2.75) is 84.5 Å². The molecule has 17 rings (SSSR count). The van der Waals surface area contributed by atoms with Crippen molar-refractivity contribution in [1.29, 1.82) is 0 Å². The molecular weight excluding hydrogens is 1780 g/mol. The molecule has 9 aromatic carbocycles. The van der Waals surface area contributed by atoms with Crippen molar-refractivity contribution in [3.63, 3.8) is 0 Å². The van der Waals surface area contributed by atoms with Gasteiger partial charge in [0.1, 0.15) is 52.0 Å². The van der Waals surface area contributed by atoms with Crippen LogP contribution >= 0.6 is 0 Å². The van der Waals surface area contributed by atoms with Crippen molar-refractivity contribution in [2.75, 3.05) is 33.2 Å². The molecule has 137 heavy (non-hydrogen) atoms. The average Bonchev–Trinajstić information content (AvgIpc) is 1.61. The zero-order chi connectivity index (χ0) is 97.8. The summed E-state index contributed by atoms with van der Waals surface area (Å²) in [5, 5.41) is 88.7. The number of carbonyl (C=O) groups excluding carboxylic acids is 6. The van der Waals surface area contributed by atoms with Gasteiger partial charge in [0.2, 0.25) is 35.4 Å². The molecule has 700 valence electrons. The van der Waals surface area contributed by atoms with Gasteiger partial charge in [0.25, 0.3) is 0 Å². The van der Waals surface area contributed by atoms with E-state index in [1.165, 1.54) is 118 Å². The summed E-state index contributed by atoms with van der Waals surface area (Å²) in [6, 6.07) is 47.9. The molecule has 1 aliphatic carbocycles. The van der Waals surface area contributed by atoms with Crippen LogP contribution in [0.3, 0.4) is 0 Å². The van der Waals surface area contributed by atoms with E-state index in [-0.39, 0.29) is 71.8 Å². The normalized spacial score (nSPS) is 12.8. The van der Waals surface area contributed by atoms with Crippen LogP contribution in [0.4, 0.5) is 63.6 Å². The molecule has 0 aliphatic heterocycles. The van der Waals surface area contributed by atoms with Gasteiger partial charge in [-0.25, -0.2) is 35.1 Å². The Labute approximate surface area is 776 Å². The molecule has 0 bridgehead atoms. The highest BCUT2D eigenvalue weighted by Crippen LogP contribution is 2.47. The number of hydrogen-bond acceptors (Lipinski definition) is 17. The van der Waals surface area contributed by atoms with E-state index in [0.29, 0.717) is 101 Å². The molecule has 1 unspecified atom stereocenters. The summed E-state index contributed by atoms with van der Waals surface area (Å²) in [6.45, 7) is 7.34. The highest BCUT2D eigenvalue weighted by molar-refractivity contribution is 6.13. The van der Waals surface area contributed by atoms with Crippen LogP contribution in [0.1, 0.15) is 135 Å². The Bertz CT molecular complexity index is 7220. The number of aromatic amines is 5. The molecule has 7 aromatic heterocycles. The number of nitrogens with one attached hydrogen (secondary N) is 10. The predicted molar refractivity (Wildman–Crippen MR) is 511 cm³/mol. The highest BCUT2D eigenvalue weighted by Gasteiger charge is 2.55. The molecule has 16 N–H and O–H groups in total. The van der Waals surface area contributed by atoms with Gasteiger partial charge in [0.15, 0.2) is 0 Å². The van der Waals surface area contributed by atoms with Crippen LogP contribution in [0.2, 0.25) is 0 Å². The topological polar surface area (TPSA) is 439 Å².